The first-order chi connectivity index (χ1) is 18.0. The monoisotopic (exact) mass is 492 g/mol. The number of carbonyl (C=O) groups is 3. The van der Waals surface area contributed by atoms with Crippen LogP contribution in [0.2, 0.25) is 0 Å². The molecule has 0 unspecified atom stereocenters. The van der Waals surface area contributed by atoms with Gasteiger partial charge in [-0.25, -0.2) is 0 Å². The molecule has 0 aliphatic carbocycles. The summed E-state index contributed by atoms with van der Waals surface area (Å²) in [6, 6.07) is 22.0. The van der Waals surface area contributed by atoms with Gasteiger partial charge in [0, 0.05) is 35.5 Å². The predicted octanol–water partition coefficient (Wildman–Crippen LogP) is 4.78. The van der Waals surface area contributed by atoms with Gasteiger partial charge >= 0.3 is 0 Å². The Balaban J connectivity index is 1.18. The number of pyridine rings is 1. The number of hydrogen-bond acceptors (Lipinski definition) is 5. The zero-order chi connectivity index (χ0) is 25.5. The van der Waals surface area contributed by atoms with Crippen LogP contribution in [0, 0.1) is 0 Å². The van der Waals surface area contributed by atoms with E-state index in [0.29, 0.717) is 35.5 Å². The lowest BCUT2D eigenvalue weighted by molar-refractivity contribution is -0.116. The minimum Gasteiger partial charge on any atom is -0.497 e. The number of anilines is 2. The Hall–Kier alpha value is -4.72. The summed E-state index contributed by atoms with van der Waals surface area (Å²) in [5, 5.41) is 3.79. The largest absolute Gasteiger partial charge is 0.497 e. The second kappa shape index (κ2) is 9.05. The smallest absolute Gasteiger partial charge is 0.260 e. The van der Waals surface area contributed by atoms with E-state index in [1.54, 1.807) is 41.3 Å². The number of aromatic nitrogens is 1. The molecule has 0 saturated heterocycles. The van der Waals surface area contributed by atoms with E-state index >= 15 is 0 Å². The third kappa shape index (κ3) is 3.87. The summed E-state index contributed by atoms with van der Waals surface area (Å²) in [6.07, 6.45) is 1.76. The quantitative estimate of drug-likeness (QED) is 0.418. The Labute approximate surface area is 213 Å². The summed E-state index contributed by atoms with van der Waals surface area (Å²) in [5.74, 6) is 0.289. The molecule has 184 valence electrons. The van der Waals surface area contributed by atoms with Crippen LogP contribution in [-0.2, 0) is 4.79 Å². The van der Waals surface area contributed by atoms with E-state index in [9.17, 15) is 14.4 Å². The average molecular weight is 493 g/mol. The average Bonchev–Trinajstić information content (AvgIpc) is 3.22. The first-order valence-electron chi connectivity index (χ1n) is 12.1. The van der Waals surface area contributed by atoms with E-state index in [1.807, 2.05) is 54.6 Å². The lowest BCUT2D eigenvalue weighted by Gasteiger charge is -2.41. The predicted molar refractivity (Wildman–Crippen MR) is 140 cm³/mol. The highest BCUT2D eigenvalue weighted by Gasteiger charge is 2.47. The Morgan fingerprint density at radius 3 is 2.59 bits per heavy atom. The topological polar surface area (TPSA) is 91.8 Å². The number of carbonyl (C=O) groups excluding carboxylic acids is 3. The number of benzene rings is 3. The molecule has 3 amide bonds. The third-order valence-electron chi connectivity index (χ3n) is 6.86. The number of para-hydroxylation sites is 1. The van der Waals surface area contributed by atoms with Crippen molar-refractivity contribution in [3.8, 4) is 5.75 Å². The molecule has 37 heavy (non-hydrogen) atoms. The van der Waals surface area contributed by atoms with E-state index < -0.39 is 6.17 Å². The van der Waals surface area contributed by atoms with Crippen molar-refractivity contribution in [2.45, 2.75) is 19.0 Å². The molecule has 0 fully saturated rings. The molecular formula is C29H24N4O4. The van der Waals surface area contributed by atoms with E-state index in [2.05, 4.69) is 10.3 Å². The van der Waals surface area contributed by atoms with Crippen molar-refractivity contribution in [2.24, 2.45) is 0 Å². The van der Waals surface area contributed by atoms with Crippen LogP contribution in [0.3, 0.4) is 0 Å². The summed E-state index contributed by atoms with van der Waals surface area (Å²) >= 11 is 0. The maximum absolute atomic E-state index is 13.5. The number of rotatable bonds is 6. The number of nitrogens with one attached hydrogen (secondary N) is 1. The van der Waals surface area contributed by atoms with Crippen molar-refractivity contribution >= 4 is 40.0 Å². The molecular weight excluding hydrogens is 468 g/mol. The minimum atomic E-state index is -0.518. The molecule has 0 saturated carbocycles. The first-order valence-corrected chi connectivity index (χ1v) is 12.1. The van der Waals surface area contributed by atoms with Gasteiger partial charge in [0.15, 0.2) is 0 Å². The molecule has 1 N–H and O–H groups in total. The highest BCUT2D eigenvalue weighted by Crippen LogP contribution is 2.45. The number of fused-ring (bicyclic) bond motifs is 6. The summed E-state index contributed by atoms with van der Waals surface area (Å²) in [6.45, 7) is 0.332. The Morgan fingerprint density at radius 1 is 0.973 bits per heavy atom. The second-order valence-electron chi connectivity index (χ2n) is 9.09. The molecule has 2 aliphatic heterocycles. The van der Waals surface area contributed by atoms with Gasteiger partial charge in [0.1, 0.15) is 11.9 Å². The van der Waals surface area contributed by atoms with Gasteiger partial charge in [0.25, 0.3) is 11.8 Å². The zero-order valence-corrected chi connectivity index (χ0v) is 20.2. The highest BCUT2D eigenvalue weighted by atomic mass is 16.5. The molecule has 8 nitrogen and oxygen atoms in total. The first kappa shape index (κ1) is 22.7. The van der Waals surface area contributed by atoms with Crippen molar-refractivity contribution in [3.63, 3.8) is 0 Å². The van der Waals surface area contributed by atoms with Crippen LogP contribution in [0.15, 0.2) is 79.0 Å². The van der Waals surface area contributed by atoms with Crippen LogP contribution in [0.4, 0.5) is 11.4 Å². The SMILES string of the molecule is COc1ccc2cc(NC(=O)CCCN3C(=O)c4ccccc4N4C(=O)c5ccccc5[C@H]34)cnc2c1. The highest BCUT2D eigenvalue weighted by molar-refractivity contribution is 6.16. The van der Waals surface area contributed by atoms with Crippen molar-refractivity contribution < 1.29 is 19.1 Å². The molecule has 6 rings (SSSR count). The van der Waals surface area contributed by atoms with E-state index in [1.165, 1.54) is 0 Å². The number of nitrogens with zero attached hydrogens (tertiary/aromatic N) is 3. The molecule has 1 aromatic heterocycles. The fourth-order valence-corrected chi connectivity index (χ4v) is 5.13. The van der Waals surface area contributed by atoms with Crippen molar-refractivity contribution in [3.05, 3.63) is 95.7 Å². The Bertz CT molecular complexity index is 1570. The maximum atomic E-state index is 13.5. The summed E-state index contributed by atoms with van der Waals surface area (Å²) in [7, 11) is 1.60. The lowest BCUT2D eigenvalue weighted by Crippen LogP contribution is -2.48. The van der Waals surface area contributed by atoms with Gasteiger partial charge in [-0.05, 0) is 42.8 Å². The van der Waals surface area contributed by atoms with Crippen molar-refractivity contribution in [2.75, 3.05) is 23.9 Å². The van der Waals surface area contributed by atoms with Crippen LogP contribution < -0.4 is 15.0 Å². The molecule has 0 bridgehead atoms. The molecule has 4 aromatic rings. The minimum absolute atomic E-state index is 0.121. The number of ether oxygens (including phenoxy) is 1. The van der Waals surface area contributed by atoms with E-state index in [0.717, 1.165) is 22.2 Å². The summed E-state index contributed by atoms with van der Waals surface area (Å²) < 4.78 is 5.23. The standard InChI is InChI=1S/C29H24N4O4/c1-37-20-13-12-18-15-19(17-30-24(18)16-20)31-26(34)11-6-14-32-27-21-7-2-3-8-22(21)29(36)33(27)25-10-5-4-9-23(25)28(32)35/h2-5,7-10,12-13,15-17,27H,6,11,14H2,1H3,(H,31,34)/t27-/m1/s1. The van der Waals surface area contributed by atoms with Crippen LogP contribution in [0.1, 0.15) is 45.3 Å². The fraction of sp³-hybridized carbons (Fsp3) is 0.172. The normalized spacial score (nSPS) is 15.9. The number of methoxy groups -OCH3 is 1. The summed E-state index contributed by atoms with van der Waals surface area (Å²) in [5.41, 5.74) is 3.89. The third-order valence-corrected chi connectivity index (χ3v) is 6.86. The van der Waals surface area contributed by atoms with Crippen LogP contribution in [0.5, 0.6) is 5.75 Å². The van der Waals surface area contributed by atoms with Gasteiger partial charge in [-0.3, -0.25) is 24.3 Å². The molecule has 0 spiro atoms. The maximum Gasteiger partial charge on any atom is 0.260 e. The van der Waals surface area contributed by atoms with Gasteiger partial charge in [-0.2, -0.15) is 0 Å². The van der Waals surface area contributed by atoms with Gasteiger partial charge < -0.3 is 15.0 Å². The van der Waals surface area contributed by atoms with E-state index in [-0.39, 0.29) is 24.1 Å². The van der Waals surface area contributed by atoms with Gasteiger partial charge in [-0.15, -0.1) is 0 Å². The Morgan fingerprint density at radius 2 is 1.76 bits per heavy atom. The van der Waals surface area contributed by atoms with Gasteiger partial charge in [0.05, 0.1) is 35.8 Å². The molecule has 3 heterocycles. The van der Waals surface area contributed by atoms with Crippen molar-refractivity contribution in [1.82, 2.24) is 9.88 Å². The van der Waals surface area contributed by atoms with Crippen LogP contribution >= 0.6 is 0 Å². The molecule has 3 aromatic carbocycles. The molecule has 2 aliphatic rings. The zero-order valence-electron chi connectivity index (χ0n) is 20.2. The summed E-state index contributed by atoms with van der Waals surface area (Å²) in [4.78, 5) is 47.3. The van der Waals surface area contributed by atoms with Crippen molar-refractivity contribution in [1.29, 1.82) is 0 Å². The lowest BCUT2D eigenvalue weighted by atomic mass is 10.0. The van der Waals surface area contributed by atoms with Gasteiger partial charge in [-0.1, -0.05) is 30.3 Å². The van der Waals surface area contributed by atoms with Crippen LogP contribution in [-0.4, -0.2) is 41.3 Å². The molecule has 0 radical (unpaired) electrons. The van der Waals surface area contributed by atoms with Crippen LogP contribution in [0.25, 0.3) is 10.9 Å². The second-order valence-corrected chi connectivity index (χ2v) is 9.09. The van der Waals surface area contributed by atoms with E-state index in [4.69, 9.17) is 4.74 Å². The molecule has 8 heteroatoms. The number of amides is 3. The Kier molecular flexibility index (Phi) is 5.56. The fourth-order valence-electron chi connectivity index (χ4n) is 5.13. The number of hydrogen-bond donors (Lipinski definition) is 1. The molecule has 1 atom stereocenters. The van der Waals surface area contributed by atoms with Gasteiger partial charge in [0.2, 0.25) is 5.91 Å².